The first-order valence-corrected chi connectivity index (χ1v) is 9.87. The highest BCUT2D eigenvalue weighted by Crippen LogP contribution is 2.47. The Morgan fingerprint density at radius 1 is 1.00 bits per heavy atom. The van der Waals surface area contributed by atoms with E-state index in [0.717, 1.165) is 16.7 Å². The van der Waals surface area contributed by atoms with E-state index in [2.05, 4.69) is 11.2 Å². The first-order valence-electron chi connectivity index (χ1n) is 9.87. The summed E-state index contributed by atoms with van der Waals surface area (Å²) in [7, 11) is 0. The Kier molecular flexibility index (Phi) is 4.33. The van der Waals surface area contributed by atoms with E-state index in [1.54, 1.807) is 17.0 Å². The minimum Gasteiger partial charge on any atom is -0.386 e. The number of fused-ring (bicyclic) bond motifs is 3. The number of carbonyl (C=O) groups excluding carboxylic acids is 1. The summed E-state index contributed by atoms with van der Waals surface area (Å²) in [5.41, 5.74) is 4.84. The summed E-state index contributed by atoms with van der Waals surface area (Å²) in [6, 6.07) is 26.3. The largest absolute Gasteiger partial charge is 0.386 e. The van der Waals surface area contributed by atoms with E-state index in [-0.39, 0.29) is 11.8 Å². The molecule has 1 amide bonds. The van der Waals surface area contributed by atoms with Crippen molar-refractivity contribution in [2.75, 3.05) is 4.90 Å². The van der Waals surface area contributed by atoms with Crippen LogP contribution in [0.2, 0.25) is 0 Å². The molecule has 5 nitrogen and oxygen atoms in total. The first-order chi connectivity index (χ1) is 14.7. The Balaban J connectivity index is 1.64. The second-order valence-electron chi connectivity index (χ2n) is 7.57. The van der Waals surface area contributed by atoms with Crippen molar-refractivity contribution in [3.05, 3.63) is 101 Å². The van der Waals surface area contributed by atoms with E-state index in [9.17, 15) is 10.1 Å². The van der Waals surface area contributed by atoms with Gasteiger partial charge in [0.2, 0.25) is 0 Å². The SMILES string of the molecule is Cc1ccc(C2=NO[C@H]3c4ccccc4N(C(=O)c4ccccc4)[C@H](C#N)[C@@H]23)cc1. The lowest BCUT2D eigenvalue weighted by molar-refractivity contribution is 0.0533. The van der Waals surface area contributed by atoms with E-state index >= 15 is 0 Å². The zero-order valence-electron chi connectivity index (χ0n) is 16.4. The van der Waals surface area contributed by atoms with Gasteiger partial charge in [0.15, 0.2) is 6.10 Å². The summed E-state index contributed by atoms with van der Waals surface area (Å²) in [6.45, 7) is 2.02. The molecular formula is C25H19N3O2. The molecule has 0 spiro atoms. The smallest absolute Gasteiger partial charge is 0.259 e. The van der Waals surface area contributed by atoms with Gasteiger partial charge < -0.3 is 4.84 Å². The summed E-state index contributed by atoms with van der Waals surface area (Å²) < 4.78 is 0. The number of oxime groups is 1. The number of anilines is 1. The maximum absolute atomic E-state index is 13.5. The number of benzene rings is 3. The van der Waals surface area contributed by atoms with Gasteiger partial charge in [-0.25, -0.2) is 0 Å². The van der Waals surface area contributed by atoms with Gasteiger partial charge in [-0.2, -0.15) is 5.26 Å². The molecule has 0 N–H and O–H groups in total. The third-order valence-electron chi connectivity index (χ3n) is 5.75. The zero-order chi connectivity index (χ0) is 20.7. The quantitative estimate of drug-likeness (QED) is 0.637. The number of para-hydroxylation sites is 1. The number of nitrogens with zero attached hydrogens (tertiary/aromatic N) is 3. The van der Waals surface area contributed by atoms with Crippen LogP contribution in [0.1, 0.15) is 33.2 Å². The lowest BCUT2D eigenvalue weighted by Gasteiger charge is -2.39. The molecule has 3 aromatic carbocycles. The highest BCUT2D eigenvalue weighted by Gasteiger charge is 2.51. The van der Waals surface area contributed by atoms with Crippen molar-refractivity contribution in [2.24, 2.45) is 11.1 Å². The predicted octanol–water partition coefficient (Wildman–Crippen LogP) is 4.64. The van der Waals surface area contributed by atoms with Crippen LogP contribution in [-0.2, 0) is 4.84 Å². The standard InChI is InChI=1S/C25H19N3O2/c1-16-11-13-17(14-12-16)23-22-21(15-26)28(25(29)18-7-3-2-4-8-18)20-10-6-5-9-19(20)24(22)30-27-23/h2-14,21-22,24H,1H3/t21-,22+,24+/m1/s1. The maximum atomic E-state index is 13.5. The molecule has 0 saturated heterocycles. The molecule has 0 unspecified atom stereocenters. The molecule has 2 heterocycles. The van der Waals surface area contributed by atoms with Crippen molar-refractivity contribution in [3.63, 3.8) is 0 Å². The van der Waals surface area contributed by atoms with E-state index in [1.807, 2.05) is 73.7 Å². The molecule has 0 bridgehead atoms. The van der Waals surface area contributed by atoms with Crippen LogP contribution in [0.25, 0.3) is 0 Å². The average Bonchev–Trinajstić information content (AvgIpc) is 3.24. The normalized spacial score (nSPS) is 21.7. The summed E-state index contributed by atoms with van der Waals surface area (Å²) in [4.78, 5) is 20.9. The van der Waals surface area contributed by atoms with E-state index in [4.69, 9.17) is 4.84 Å². The molecule has 2 aliphatic rings. The molecule has 5 heteroatoms. The number of rotatable bonds is 2. The summed E-state index contributed by atoms with van der Waals surface area (Å²) in [5, 5.41) is 14.6. The minimum absolute atomic E-state index is 0.205. The predicted molar refractivity (Wildman–Crippen MR) is 114 cm³/mol. The van der Waals surface area contributed by atoms with E-state index < -0.39 is 12.1 Å². The van der Waals surface area contributed by atoms with Crippen LogP contribution in [-0.4, -0.2) is 17.7 Å². The zero-order valence-corrected chi connectivity index (χ0v) is 16.4. The molecule has 3 aromatic rings. The van der Waals surface area contributed by atoms with Crippen molar-refractivity contribution < 1.29 is 9.63 Å². The van der Waals surface area contributed by atoms with Crippen molar-refractivity contribution in [3.8, 4) is 6.07 Å². The van der Waals surface area contributed by atoms with Gasteiger partial charge in [0.25, 0.3) is 5.91 Å². The van der Waals surface area contributed by atoms with E-state index in [0.29, 0.717) is 17.0 Å². The van der Waals surface area contributed by atoms with Crippen LogP contribution in [0.4, 0.5) is 5.69 Å². The number of carbonyl (C=O) groups is 1. The number of amides is 1. The average molecular weight is 393 g/mol. The Labute approximate surface area is 174 Å². The Morgan fingerprint density at radius 2 is 1.70 bits per heavy atom. The fraction of sp³-hybridized carbons (Fsp3) is 0.160. The summed E-state index contributed by atoms with van der Waals surface area (Å²) in [6.07, 6.45) is -0.401. The molecule has 0 fully saturated rings. The highest BCUT2D eigenvalue weighted by atomic mass is 16.6. The molecule has 5 rings (SSSR count). The molecule has 0 aromatic heterocycles. The van der Waals surface area contributed by atoms with Crippen molar-refractivity contribution >= 4 is 17.3 Å². The van der Waals surface area contributed by atoms with Crippen LogP contribution in [0, 0.1) is 24.2 Å². The van der Waals surface area contributed by atoms with Crippen molar-refractivity contribution in [2.45, 2.75) is 19.1 Å². The fourth-order valence-corrected chi connectivity index (χ4v) is 4.27. The lowest BCUT2D eigenvalue weighted by atomic mass is 9.78. The van der Waals surface area contributed by atoms with Gasteiger partial charge in [0, 0.05) is 11.1 Å². The van der Waals surface area contributed by atoms with Crippen LogP contribution < -0.4 is 4.90 Å². The fourth-order valence-electron chi connectivity index (χ4n) is 4.27. The lowest BCUT2D eigenvalue weighted by Crippen LogP contribution is -2.51. The molecule has 0 radical (unpaired) electrons. The van der Waals surface area contributed by atoms with E-state index in [1.165, 1.54) is 0 Å². The third-order valence-corrected chi connectivity index (χ3v) is 5.75. The number of nitriles is 1. The van der Waals surface area contributed by atoms with Gasteiger partial charge in [0.05, 0.1) is 23.4 Å². The molecule has 0 aliphatic carbocycles. The van der Waals surface area contributed by atoms with Gasteiger partial charge in [-0.05, 0) is 30.7 Å². The van der Waals surface area contributed by atoms with Crippen LogP contribution >= 0.6 is 0 Å². The summed E-state index contributed by atoms with van der Waals surface area (Å²) >= 11 is 0. The minimum atomic E-state index is -0.736. The van der Waals surface area contributed by atoms with Crippen LogP contribution in [0.15, 0.2) is 84.0 Å². The highest BCUT2D eigenvalue weighted by molar-refractivity contribution is 6.11. The van der Waals surface area contributed by atoms with Crippen molar-refractivity contribution in [1.82, 2.24) is 0 Å². The third kappa shape index (κ3) is 2.77. The molecule has 30 heavy (non-hydrogen) atoms. The Morgan fingerprint density at radius 3 is 2.43 bits per heavy atom. The molecule has 146 valence electrons. The topological polar surface area (TPSA) is 65.7 Å². The van der Waals surface area contributed by atoms with Gasteiger partial charge in [-0.1, -0.05) is 71.4 Å². The second kappa shape index (κ2) is 7.16. The molecule has 0 saturated carbocycles. The monoisotopic (exact) mass is 393 g/mol. The summed E-state index contributed by atoms with van der Waals surface area (Å²) in [5.74, 6) is -0.580. The Bertz CT molecular complexity index is 1180. The number of aryl methyl sites for hydroxylation is 1. The Hall–Kier alpha value is -3.91. The second-order valence-corrected chi connectivity index (χ2v) is 7.57. The molecule has 3 atom stereocenters. The first kappa shape index (κ1) is 18.1. The van der Waals surface area contributed by atoms with Gasteiger partial charge in [-0.15, -0.1) is 0 Å². The van der Waals surface area contributed by atoms with Gasteiger partial charge >= 0.3 is 0 Å². The van der Waals surface area contributed by atoms with Crippen molar-refractivity contribution in [1.29, 1.82) is 5.26 Å². The number of hydrogen-bond acceptors (Lipinski definition) is 4. The van der Waals surface area contributed by atoms with Crippen LogP contribution in [0.3, 0.4) is 0 Å². The molecule has 2 aliphatic heterocycles. The maximum Gasteiger partial charge on any atom is 0.259 e. The van der Waals surface area contributed by atoms with Gasteiger partial charge in [-0.3, -0.25) is 9.69 Å². The number of hydrogen-bond donors (Lipinski definition) is 0. The van der Waals surface area contributed by atoms with Crippen LogP contribution in [0.5, 0.6) is 0 Å². The molecular weight excluding hydrogens is 374 g/mol. The van der Waals surface area contributed by atoms with Gasteiger partial charge in [0.1, 0.15) is 6.04 Å².